The third kappa shape index (κ3) is 4.42. The Kier molecular flexibility index (Phi) is 5.79. The van der Waals surface area contributed by atoms with Crippen LogP contribution in [0.1, 0.15) is 10.9 Å². The highest BCUT2D eigenvalue weighted by Gasteiger charge is 2.24. The van der Waals surface area contributed by atoms with Crippen LogP contribution in [0.3, 0.4) is 0 Å². The van der Waals surface area contributed by atoms with E-state index < -0.39 is 5.92 Å². The largest absolute Gasteiger partial charge is 0.297 e. The molecule has 0 fully saturated rings. The minimum Gasteiger partial charge on any atom is -0.297 e. The molecule has 0 aliphatic carbocycles. The summed E-state index contributed by atoms with van der Waals surface area (Å²) in [6, 6.07) is 21.4. The Hall–Kier alpha value is -3.28. The van der Waals surface area contributed by atoms with Gasteiger partial charge in [-0.1, -0.05) is 60.3 Å². The molecule has 2 heterocycles. The predicted molar refractivity (Wildman–Crippen MR) is 113 cm³/mol. The second-order valence-electron chi connectivity index (χ2n) is 6.06. The zero-order chi connectivity index (χ0) is 20.1. The van der Waals surface area contributed by atoms with Gasteiger partial charge < -0.3 is 0 Å². The Morgan fingerprint density at radius 2 is 1.86 bits per heavy atom. The van der Waals surface area contributed by atoms with Crippen LogP contribution in [0, 0.1) is 11.3 Å². The van der Waals surface area contributed by atoms with Crippen molar-refractivity contribution in [2.24, 2.45) is 0 Å². The van der Waals surface area contributed by atoms with Crippen LogP contribution >= 0.6 is 23.1 Å². The fourth-order valence-electron chi connectivity index (χ4n) is 2.66. The number of hydrogen-bond donors (Lipinski definition) is 0. The number of thiazole rings is 1. The molecule has 4 aromatic rings. The molecule has 1 unspecified atom stereocenters. The highest BCUT2D eigenvalue weighted by Crippen LogP contribution is 2.28. The number of para-hydroxylation sites is 1. The van der Waals surface area contributed by atoms with Gasteiger partial charge in [0.05, 0.1) is 23.2 Å². The number of aromatic nitrogens is 4. The standard InChI is InChI=1S/C21H15N5OS2/c22-11-17(20-24-18(12-28-20)15-7-3-1-4-8-15)19(27)13-29-21-23-14-26(25-21)16-9-5-2-6-10-16/h1-10,12,14,17H,13H2. The summed E-state index contributed by atoms with van der Waals surface area (Å²) >= 11 is 2.55. The summed E-state index contributed by atoms with van der Waals surface area (Å²) < 4.78 is 1.65. The Labute approximate surface area is 175 Å². The van der Waals surface area contributed by atoms with Crippen LogP contribution in [0.4, 0.5) is 0 Å². The van der Waals surface area contributed by atoms with E-state index in [4.69, 9.17) is 0 Å². The van der Waals surface area contributed by atoms with E-state index in [9.17, 15) is 10.1 Å². The molecule has 0 saturated heterocycles. The lowest BCUT2D eigenvalue weighted by Gasteiger charge is -2.03. The van der Waals surface area contributed by atoms with Gasteiger partial charge in [-0.05, 0) is 12.1 Å². The van der Waals surface area contributed by atoms with E-state index >= 15 is 0 Å². The third-order valence-corrected chi connectivity index (χ3v) is 5.91. The van der Waals surface area contributed by atoms with Crippen molar-refractivity contribution in [2.75, 3.05) is 5.75 Å². The van der Waals surface area contributed by atoms with E-state index in [-0.39, 0.29) is 11.5 Å². The lowest BCUT2D eigenvalue weighted by molar-refractivity contribution is -0.116. The fourth-order valence-corrected chi connectivity index (χ4v) is 4.26. The van der Waals surface area contributed by atoms with Crippen molar-refractivity contribution in [1.82, 2.24) is 19.7 Å². The number of nitriles is 1. The molecule has 8 heteroatoms. The van der Waals surface area contributed by atoms with Gasteiger partial charge in [-0.15, -0.1) is 16.4 Å². The summed E-state index contributed by atoms with van der Waals surface area (Å²) in [6.07, 6.45) is 1.61. The molecule has 0 amide bonds. The third-order valence-electron chi connectivity index (χ3n) is 4.12. The second-order valence-corrected chi connectivity index (χ2v) is 7.89. The van der Waals surface area contributed by atoms with Crippen molar-refractivity contribution >= 4 is 28.9 Å². The minimum absolute atomic E-state index is 0.108. The van der Waals surface area contributed by atoms with Gasteiger partial charge in [-0.3, -0.25) is 4.79 Å². The number of Topliss-reactive ketones (excluding diaryl/α,β-unsaturated/α-hetero) is 1. The number of ketones is 1. The number of nitrogens with zero attached hydrogens (tertiary/aromatic N) is 5. The number of carbonyl (C=O) groups excluding carboxylic acids is 1. The Morgan fingerprint density at radius 3 is 2.59 bits per heavy atom. The molecule has 0 radical (unpaired) electrons. The van der Waals surface area contributed by atoms with E-state index in [1.54, 1.807) is 11.0 Å². The van der Waals surface area contributed by atoms with Crippen molar-refractivity contribution < 1.29 is 4.79 Å². The maximum absolute atomic E-state index is 12.6. The molecule has 142 valence electrons. The van der Waals surface area contributed by atoms with E-state index in [1.165, 1.54) is 23.1 Å². The summed E-state index contributed by atoms with van der Waals surface area (Å²) in [5, 5.41) is 16.8. The molecule has 0 bridgehead atoms. The van der Waals surface area contributed by atoms with Crippen LogP contribution in [0.5, 0.6) is 0 Å². The number of benzene rings is 2. The number of rotatable bonds is 7. The highest BCUT2D eigenvalue weighted by molar-refractivity contribution is 7.99. The fraction of sp³-hybridized carbons (Fsp3) is 0.0952. The first-order valence-electron chi connectivity index (χ1n) is 8.77. The van der Waals surface area contributed by atoms with Crippen molar-refractivity contribution in [3.05, 3.63) is 77.4 Å². The van der Waals surface area contributed by atoms with E-state index in [2.05, 4.69) is 21.1 Å². The second kappa shape index (κ2) is 8.82. The highest BCUT2D eigenvalue weighted by atomic mass is 32.2. The normalized spacial score (nSPS) is 11.7. The average Bonchev–Trinajstić information content (AvgIpc) is 3.44. The minimum atomic E-state index is -0.888. The molecule has 0 N–H and O–H groups in total. The van der Waals surface area contributed by atoms with Gasteiger partial charge in [-0.2, -0.15) is 5.26 Å². The summed E-state index contributed by atoms with van der Waals surface area (Å²) in [5.74, 6) is -0.985. The Morgan fingerprint density at radius 1 is 1.14 bits per heavy atom. The van der Waals surface area contributed by atoms with Crippen LogP contribution < -0.4 is 0 Å². The summed E-state index contributed by atoms with van der Waals surface area (Å²) in [4.78, 5) is 21.4. The molecule has 1 atom stereocenters. The molecule has 6 nitrogen and oxygen atoms in total. The van der Waals surface area contributed by atoms with Gasteiger partial charge in [0.1, 0.15) is 11.3 Å². The Balaban J connectivity index is 1.42. The zero-order valence-corrected chi connectivity index (χ0v) is 16.8. The van der Waals surface area contributed by atoms with Gasteiger partial charge in [0, 0.05) is 10.9 Å². The van der Waals surface area contributed by atoms with Crippen LogP contribution in [-0.2, 0) is 4.79 Å². The lowest BCUT2D eigenvalue weighted by Crippen LogP contribution is -2.13. The van der Waals surface area contributed by atoms with Crippen LogP contribution in [0.2, 0.25) is 0 Å². The first-order chi connectivity index (χ1) is 14.2. The monoisotopic (exact) mass is 417 g/mol. The number of hydrogen-bond acceptors (Lipinski definition) is 7. The summed E-state index contributed by atoms with van der Waals surface area (Å²) in [5.41, 5.74) is 2.63. The topological polar surface area (TPSA) is 84.5 Å². The van der Waals surface area contributed by atoms with Crippen molar-refractivity contribution in [3.63, 3.8) is 0 Å². The van der Waals surface area contributed by atoms with Crippen LogP contribution in [-0.4, -0.2) is 31.3 Å². The van der Waals surface area contributed by atoms with Gasteiger partial charge in [0.15, 0.2) is 11.7 Å². The quantitative estimate of drug-likeness (QED) is 0.416. The lowest BCUT2D eigenvalue weighted by atomic mass is 10.1. The van der Waals surface area contributed by atoms with Crippen molar-refractivity contribution in [2.45, 2.75) is 11.1 Å². The van der Waals surface area contributed by atoms with E-state index in [0.717, 1.165) is 16.9 Å². The van der Waals surface area contributed by atoms with Crippen LogP contribution in [0.25, 0.3) is 16.9 Å². The maximum atomic E-state index is 12.6. The molecule has 2 aromatic heterocycles. The predicted octanol–water partition coefficient (Wildman–Crippen LogP) is 4.36. The molecule has 2 aromatic carbocycles. The van der Waals surface area contributed by atoms with Gasteiger partial charge in [-0.25, -0.2) is 14.6 Å². The average molecular weight is 418 g/mol. The van der Waals surface area contributed by atoms with Crippen molar-refractivity contribution in [1.29, 1.82) is 5.26 Å². The SMILES string of the molecule is N#CC(C(=O)CSc1ncn(-c2ccccc2)n1)c1nc(-c2ccccc2)cs1. The number of carbonyl (C=O) groups is 1. The molecule has 0 aliphatic rings. The summed E-state index contributed by atoms with van der Waals surface area (Å²) in [7, 11) is 0. The first-order valence-corrected chi connectivity index (χ1v) is 10.6. The first kappa shape index (κ1) is 19.1. The molecular formula is C21H15N5OS2. The zero-order valence-electron chi connectivity index (χ0n) is 15.2. The van der Waals surface area contributed by atoms with E-state index in [0.29, 0.717) is 10.2 Å². The Bertz CT molecular complexity index is 1150. The smallest absolute Gasteiger partial charge is 0.209 e. The van der Waals surface area contributed by atoms with E-state index in [1.807, 2.05) is 66.0 Å². The van der Waals surface area contributed by atoms with Gasteiger partial charge in [0.25, 0.3) is 0 Å². The number of thioether (sulfide) groups is 1. The molecule has 0 saturated carbocycles. The van der Waals surface area contributed by atoms with Gasteiger partial charge in [0.2, 0.25) is 5.16 Å². The molecule has 29 heavy (non-hydrogen) atoms. The summed E-state index contributed by atoms with van der Waals surface area (Å²) in [6.45, 7) is 0. The molecule has 0 aliphatic heterocycles. The molecule has 4 rings (SSSR count). The maximum Gasteiger partial charge on any atom is 0.209 e. The van der Waals surface area contributed by atoms with Crippen LogP contribution in [0.15, 0.2) is 77.5 Å². The molecule has 0 spiro atoms. The van der Waals surface area contributed by atoms with Gasteiger partial charge >= 0.3 is 0 Å². The molecular weight excluding hydrogens is 402 g/mol. The van der Waals surface area contributed by atoms with Crippen molar-refractivity contribution in [3.8, 4) is 23.0 Å².